The second-order valence-corrected chi connectivity index (χ2v) is 5.93. The lowest BCUT2D eigenvalue weighted by Crippen LogP contribution is -2.30. The summed E-state index contributed by atoms with van der Waals surface area (Å²) in [5, 5.41) is 0. The molecule has 0 aliphatic heterocycles. The molecule has 4 nitrogen and oxygen atoms in total. The molecule has 0 unspecified atom stereocenters. The van der Waals surface area contributed by atoms with Crippen molar-refractivity contribution in [3.8, 4) is 0 Å². The summed E-state index contributed by atoms with van der Waals surface area (Å²) in [7, 11) is 2.08. The Morgan fingerprint density at radius 1 is 1.33 bits per heavy atom. The van der Waals surface area contributed by atoms with E-state index >= 15 is 0 Å². The Bertz CT molecular complexity index is 536. The average molecular weight is 246 g/mol. The largest absolute Gasteiger partial charge is 0.358 e. The molecule has 0 fully saturated rings. The second kappa shape index (κ2) is 4.61. The van der Waals surface area contributed by atoms with Crippen LogP contribution in [0.2, 0.25) is 0 Å². The molecule has 0 saturated carbocycles. The van der Waals surface area contributed by atoms with Crippen molar-refractivity contribution >= 4 is 11.5 Å². The quantitative estimate of drug-likeness (QED) is 0.903. The first-order valence-corrected chi connectivity index (χ1v) is 6.29. The number of rotatable bonds is 3. The van der Waals surface area contributed by atoms with Gasteiger partial charge in [0.25, 0.3) is 0 Å². The summed E-state index contributed by atoms with van der Waals surface area (Å²) in [6.45, 7) is 8.11. The molecular formula is C14H22N4. The van der Waals surface area contributed by atoms with E-state index in [1.54, 1.807) is 0 Å². The van der Waals surface area contributed by atoms with Gasteiger partial charge in [-0.3, -0.25) is 0 Å². The first kappa shape index (κ1) is 12.9. The standard InChI is InChI=1S/C14H22N4/c1-14(2,3)10-17(4)13-11(9-15)18-8-6-5-7-12(18)16-13/h5-8H,9-10,15H2,1-4H3. The van der Waals surface area contributed by atoms with Crippen molar-refractivity contribution in [1.29, 1.82) is 0 Å². The molecule has 2 aromatic rings. The van der Waals surface area contributed by atoms with Gasteiger partial charge in [-0.05, 0) is 17.5 Å². The highest BCUT2D eigenvalue weighted by atomic mass is 15.2. The van der Waals surface area contributed by atoms with E-state index in [2.05, 4.69) is 42.1 Å². The Kier molecular flexibility index (Phi) is 3.30. The number of pyridine rings is 1. The number of aromatic nitrogens is 2. The van der Waals surface area contributed by atoms with Gasteiger partial charge in [-0.15, -0.1) is 0 Å². The molecule has 2 aromatic heterocycles. The Morgan fingerprint density at radius 2 is 2.06 bits per heavy atom. The van der Waals surface area contributed by atoms with Crippen molar-refractivity contribution in [2.24, 2.45) is 11.1 Å². The van der Waals surface area contributed by atoms with Gasteiger partial charge in [-0.1, -0.05) is 26.8 Å². The number of fused-ring (bicyclic) bond motifs is 1. The van der Waals surface area contributed by atoms with E-state index in [0.29, 0.717) is 6.54 Å². The highest BCUT2D eigenvalue weighted by Crippen LogP contribution is 2.24. The third-order valence-corrected chi connectivity index (χ3v) is 2.87. The zero-order valence-corrected chi connectivity index (χ0v) is 11.6. The molecule has 0 aliphatic rings. The molecule has 0 radical (unpaired) electrons. The van der Waals surface area contributed by atoms with Gasteiger partial charge < -0.3 is 15.0 Å². The van der Waals surface area contributed by atoms with Crippen LogP contribution >= 0.6 is 0 Å². The van der Waals surface area contributed by atoms with E-state index < -0.39 is 0 Å². The summed E-state index contributed by atoms with van der Waals surface area (Å²) in [5.74, 6) is 0.985. The van der Waals surface area contributed by atoms with E-state index in [-0.39, 0.29) is 5.41 Å². The van der Waals surface area contributed by atoms with Crippen molar-refractivity contribution < 1.29 is 0 Å². The lowest BCUT2D eigenvalue weighted by Gasteiger charge is -2.27. The Hall–Kier alpha value is -1.55. The first-order valence-electron chi connectivity index (χ1n) is 6.29. The van der Waals surface area contributed by atoms with Gasteiger partial charge in [0, 0.05) is 26.3 Å². The summed E-state index contributed by atoms with van der Waals surface area (Å²) < 4.78 is 2.06. The minimum absolute atomic E-state index is 0.233. The molecular weight excluding hydrogens is 224 g/mol. The molecule has 2 N–H and O–H groups in total. The Morgan fingerprint density at radius 3 is 2.67 bits per heavy atom. The van der Waals surface area contributed by atoms with Crippen LogP contribution in [0.3, 0.4) is 0 Å². The van der Waals surface area contributed by atoms with Crippen molar-refractivity contribution in [2.45, 2.75) is 27.3 Å². The van der Waals surface area contributed by atoms with Crippen molar-refractivity contribution in [3.05, 3.63) is 30.1 Å². The third kappa shape index (κ3) is 2.48. The van der Waals surface area contributed by atoms with Crippen LogP contribution in [-0.4, -0.2) is 23.0 Å². The van der Waals surface area contributed by atoms with Crippen molar-refractivity contribution in [3.63, 3.8) is 0 Å². The van der Waals surface area contributed by atoms with E-state index in [9.17, 15) is 0 Å². The summed E-state index contributed by atoms with van der Waals surface area (Å²) >= 11 is 0. The molecule has 18 heavy (non-hydrogen) atoms. The molecule has 2 rings (SSSR count). The maximum absolute atomic E-state index is 5.88. The van der Waals surface area contributed by atoms with Gasteiger partial charge in [-0.2, -0.15) is 0 Å². The number of hydrogen-bond acceptors (Lipinski definition) is 3. The average Bonchev–Trinajstić information content (AvgIpc) is 2.65. The van der Waals surface area contributed by atoms with Crippen LogP contribution in [0.15, 0.2) is 24.4 Å². The molecule has 0 bridgehead atoms. The van der Waals surface area contributed by atoms with Gasteiger partial charge in [-0.25, -0.2) is 4.98 Å². The smallest absolute Gasteiger partial charge is 0.152 e. The lowest BCUT2D eigenvalue weighted by atomic mass is 9.96. The third-order valence-electron chi connectivity index (χ3n) is 2.87. The lowest BCUT2D eigenvalue weighted by molar-refractivity contribution is 0.417. The van der Waals surface area contributed by atoms with Crippen LogP contribution in [0.4, 0.5) is 5.82 Å². The van der Waals surface area contributed by atoms with E-state index in [1.807, 2.05) is 24.4 Å². The zero-order chi connectivity index (χ0) is 13.3. The van der Waals surface area contributed by atoms with E-state index in [1.165, 1.54) is 0 Å². The van der Waals surface area contributed by atoms with Crippen LogP contribution in [0.5, 0.6) is 0 Å². The van der Waals surface area contributed by atoms with Crippen LogP contribution in [-0.2, 0) is 6.54 Å². The first-order chi connectivity index (χ1) is 8.42. The maximum atomic E-state index is 5.88. The molecule has 0 spiro atoms. The van der Waals surface area contributed by atoms with Crippen LogP contribution in [0.25, 0.3) is 5.65 Å². The predicted octanol–water partition coefficient (Wildman–Crippen LogP) is 2.28. The maximum Gasteiger partial charge on any atom is 0.152 e. The Labute approximate surface area is 108 Å². The molecule has 0 aromatic carbocycles. The molecule has 0 amide bonds. The number of nitrogens with two attached hydrogens (primary N) is 1. The molecule has 0 atom stereocenters. The minimum Gasteiger partial charge on any atom is -0.358 e. The van der Waals surface area contributed by atoms with Gasteiger partial charge in [0.2, 0.25) is 0 Å². The fourth-order valence-corrected chi connectivity index (χ4v) is 2.32. The fraction of sp³-hybridized carbons (Fsp3) is 0.500. The number of hydrogen-bond donors (Lipinski definition) is 1. The molecule has 0 saturated heterocycles. The van der Waals surface area contributed by atoms with E-state index in [4.69, 9.17) is 5.73 Å². The van der Waals surface area contributed by atoms with Crippen molar-refractivity contribution in [2.75, 3.05) is 18.5 Å². The topological polar surface area (TPSA) is 46.6 Å². The van der Waals surface area contributed by atoms with Crippen LogP contribution < -0.4 is 10.6 Å². The molecule has 98 valence electrons. The molecule has 4 heteroatoms. The normalized spacial score (nSPS) is 12.1. The Balaban J connectivity index is 2.44. The number of imidazole rings is 1. The summed E-state index contributed by atoms with van der Waals surface area (Å²) in [5.41, 5.74) is 8.13. The summed E-state index contributed by atoms with van der Waals surface area (Å²) in [4.78, 5) is 6.87. The van der Waals surface area contributed by atoms with Gasteiger partial charge >= 0.3 is 0 Å². The minimum atomic E-state index is 0.233. The second-order valence-electron chi connectivity index (χ2n) is 5.93. The van der Waals surface area contributed by atoms with Gasteiger partial charge in [0.1, 0.15) is 5.65 Å². The monoisotopic (exact) mass is 246 g/mol. The summed E-state index contributed by atoms with van der Waals surface area (Å²) in [6.07, 6.45) is 2.01. The van der Waals surface area contributed by atoms with Gasteiger partial charge in [0.05, 0.1) is 5.69 Å². The number of nitrogens with zero attached hydrogens (tertiary/aromatic N) is 3. The number of anilines is 1. The highest BCUT2D eigenvalue weighted by molar-refractivity contribution is 5.55. The SMILES string of the molecule is CN(CC(C)(C)C)c1nc2ccccn2c1CN. The highest BCUT2D eigenvalue weighted by Gasteiger charge is 2.19. The van der Waals surface area contributed by atoms with E-state index in [0.717, 1.165) is 23.7 Å². The predicted molar refractivity (Wildman–Crippen MR) is 75.8 cm³/mol. The van der Waals surface area contributed by atoms with Crippen LogP contribution in [0, 0.1) is 5.41 Å². The fourth-order valence-electron chi connectivity index (χ4n) is 2.32. The zero-order valence-electron chi connectivity index (χ0n) is 11.6. The molecule has 2 heterocycles. The van der Waals surface area contributed by atoms with Crippen LogP contribution in [0.1, 0.15) is 26.5 Å². The van der Waals surface area contributed by atoms with Crippen molar-refractivity contribution in [1.82, 2.24) is 9.38 Å². The molecule has 0 aliphatic carbocycles. The summed E-state index contributed by atoms with van der Waals surface area (Å²) in [6, 6.07) is 6.01. The van der Waals surface area contributed by atoms with Gasteiger partial charge in [0.15, 0.2) is 5.82 Å².